The monoisotopic (exact) mass is 195 g/mol. The number of nitrogens with zero attached hydrogens (tertiary/aromatic N) is 2. The molecule has 0 saturated carbocycles. The second-order valence-corrected chi connectivity index (χ2v) is 2.88. The van der Waals surface area contributed by atoms with Gasteiger partial charge in [0.2, 0.25) is 0 Å². The first-order valence-corrected chi connectivity index (χ1v) is 4.96. The number of aromatic nitrogens is 2. The van der Waals surface area contributed by atoms with E-state index in [0.29, 0.717) is 13.2 Å². The van der Waals surface area contributed by atoms with E-state index >= 15 is 0 Å². The van der Waals surface area contributed by atoms with Crippen molar-refractivity contribution in [1.82, 2.24) is 15.3 Å². The molecule has 0 aromatic carbocycles. The normalized spacial score (nSPS) is 12.7. The number of rotatable bonds is 6. The Bertz CT molecular complexity index is 240. The van der Waals surface area contributed by atoms with E-state index in [0.717, 1.165) is 12.4 Å². The standard InChI is InChI=1S/C10H17N3O/c1-3-11-9(8-14-4-2)10-12-6-5-7-13-10/h5-7,9,11H,3-4,8H2,1-2H3. The predicted molar refractivity (Wildman–Crippen MR) is 54.9 cm³/mol. The van der Waals surface area contributed by atoms with Crippen LogP contribution in [0.15, 0.2) is 18.5 Å². The van der Waals surface area contributed by atoms with Crippen LogP contribution >= 0.6 is 0 Å². The molecule has 0 spiro atoms. The Morgan fingerprint density at radius 2 is 2.07 bits per heavy atom. The molecule has 14 heavy (non-hydrogen) atoms. The summed E-state index contributed by atoms with van der Waals surface area (Å²) in [5, 5.41) is 3.28. The van der Waals surface area contributed by atoms with E-state index < -0.39 is 0 Å². The summed E-state index contributed by atoms with van der Waals surface area (Å²) < 4.78 is 5.36. The third-order valence-corrected chi connectivity index (χ3v) is 1.84. The van der Waals surface area contributed by atoms with Gasteiger partial charge in [-0.3, -0.25) is 0 Å². The molecule has 0 aliphatic carbocycles. The van der Waals surface area contributed by atoms with Crippen LogP contribution in [-0.4, -0.2) is 29.7 Å². The van der Waals surface area contributed by atoms with Crippen LogP contribution in [0, 0.1) is 0 Å². The van der Waals surface area contributed by atoms with Crippen LogP contribution in [0.3, 0.4) is 0 Å². The molecular formula is C10H17N3O. The van der Waals surface area contributed by atoms with Crippen molar-refractivity contribution < 1.29 is 4.74 Å². The summed E-state index contributed by atoms with van der Waals surface area (Å²) in [4.78, 5) is 8.39. The average Bonchev–Trinajstić information content (AvgIpc) is 2.25. The van der Waals surface area contributed by atoms with Crippen LogP contribution in [0.1, 0.15) is 25.7 Å². The van der Waals surface area contributed by atoms with Gasteiger partial charge in [0.1, 0.15) is 5.82 Å². The van der Waals surface area contributed by atoms with E-state index in [1.54, 1.807) is 12.4 Å². The SMILES string of the molecule is CCNC(COCC)c1ncccn1. The first-order chi connectivity index (χ1) is 6.88. The zero-order chi connectivity index (χ0) is 10.2. The first-order valence-electron chi connectivity index (χ1n) is 4.96. The molecule has 4 nitrogen and oxygen atoms in total. The summed E-state index contributed by atoms with van der Waals surface area (Å²) in [5.41, 5.74) is 0. The molecule has 4 heteroatoms. The van der Waals surface area contributed by atoms with Crippen molar-refractivity contribution in [1.29, 1.82) is 0 Å². The van der Waals surface area contributed by atoms with Gasteiger partial charge in [0, 0.05) is 19.0 Å². The summed E-state index contributed by atoms with van der Waals surface area (Å²) in [5.74, 6) is 0.794. The van der Waals surface area contributed by atoms with E-state index in [2.05, 4.69) is 22.2 Å². The van der Waals surface area contributed by atoms with E-state index in [4.69, 9.17) is 4.74 Å². The summed E-state index contributed by atoms with van der Waals surface area (Å²) in [6.45, 7) is 6.26. The second kappa shape index (κ2) is 6.45. The molecule has 78 valence electrons. The molecular weight excluding hydrogens is 178 g/mol. The minimum atomic E-state index is 0.0983. The van der Waals surface area contributed by atoms with E-state index in [1.165, 1.54) is 0 Å². The highest BCUT2D eigenvalue weighted by molar-refractivity contribution is 4.95. The van der Waals surface area contributed by atoms with Crippen molar-refractivity contribution in [3.8, 4) is 0 Å². The van der Waals surface area contributed by atoms with Gasteiger partial charge in [0.15, 0.2) is 0 Å². The minimum absolute atomic E-state index is 0.0983. The Hall–Kier alpha value is -1.00. The van der Waals surface area contributed by atoms with Crippen LogP contribution in [0.5, 0.6) is 0 Å². The molecule has 1 rings (SSSR count). The van der Waals surface area contributed by atoms with E-state index in [-0.39, 0.29) is 6.04 Å². The topological polar surface area (TPSA) is 47.0 Å². The highest BCUT2D eigenvalue weighted by atomic mass is 16.5. The lowest BCUT2D eigenvalue weighted by molar-refractivity contribution is 0.121. The highest BCUT2D eigenvalue weighted by Gasteiger charge is 2.11. The van der Waals surface area contributed by atoms with Gasteiger partial charge >= 0.3 is 0 Å². The van der Waals surface area contributed by atoms with Gasteiger partial charge in [-0.25, -0.2) is 9.97 Å². The number of ether oxygens (including phenoxy) is 1. The predicted octanol–water partition coefficient (Wildman–Crippen LogP) is 1.16. The Balaban J connectivity index is 2.58. The van der Waals surface area contributed by atoms with E-state index in [1.807, 2.05) is 13.0 Å². The molecule has 0 fully saturated rings. The van der Waals surface area contributed by atoms with Crippen molar-refractivity contribution in [2.75, 3.05) is 19.8 Å². The fourth-order valence-electron chi connectivity index (χ4n) is 1.20. The van der Waals surface area contributed by atoms with Gasteiger partial charge in [0.05, 0.1) is 12.6 Å². The molecule has 1 aromatic rings. The highest BCUT2D eigenvalue weighted by Crippen LogP contribution is 2.06. The van der Waals surface area contributed by atoms with Crippen molar-refractivity contribution in [2.45, 2.75) is 19.9 Å². The zero-order valence-corrected chi connectivity index (χ0v) is 8.73. The Kier molecular flexibility index (Phi) is 5.11. The fraction of sp³-hybridized carbons (Fsp3) is 0.600. The van der Waals surface area contributed by atoms with Crippen molar-refractivity contribution in [3.63, 3.8) is 0 Å². The summed E-state index contributed by atoms with van der Waals surface area (Å²) in [6.07, 6.45) is 3.50. The van der Waals surface area contributed by atoms with Gasteiger partial charge in [-0.15, -0.1) is 0 Å². The van der Waals surface area contributed by atoms with Gasteiger partial charge < -0.3 is 10.1 Å². The van der Waals surface area contributed by atoms with Gasteiger partial charge in [-0.05, 0) is 19.5 Å². The fourth-order valence-corrected chi connectivity index (χ4v) is 1.20. The third kappa shape index (κ3) is 3.40. The maximum Gasteiger partial charge on any atom is 0.147 e. The van der Waals surface area contributed by atoms with Crippen LogP contribution in [0.4, 0.5) is 0 Å². The lowest BCUT2D eigenvalue weighted by Gasteiger charge is -2.15. The summed E-state index contributed by atoms with van der Waals surface area (Å²) in [6, 6.07) is 1.91. The lowest BCUT2D eigenvalue weighted by atomic mass is 10.3. The maximum atomic E-state index is 5.36. The van der Waals surface area contributed by atoms with Crippen LogP contribution in [-0.2, 0) is 4.74 Å². The molecule has 1 aromatic heterocycles. The molecule has 1 atom stereocenters. The molecule has 0 bridgehead atoms. The number of nitrogens with one attached hydrogen (secondary N) is 1. The van der Waals surface area contributed by atoms with Gasteiger partial charge in [0.25, 0.3) is 0 Å². The molecule has 0 aliphatic heterocycles. The summed E-state index contributed by atoms with van der Waals surface area (Å²) in [7, 11) is 0. The maximum absolute atomic E-state index is 5.36. The first kappa shape index (κ1) is 11.1. The molecule has 0 saturated heterocycles. The van der Waals surface area contributed by atoms with Gasteiger partial charge in [-0.1, -0.05) is 6.92 Å². The molecule has 1 heterocycles. The molecule has 1 unspecified atom stereocenters. The Morgan fingerprint density at radius 3 is 2.64 bits per heavy atom. The van der Waals surface area contributed by atoms with Crippen molar-refractivity contribution in [2.24, 2.45) is 0 Å². The minimum Gasteiger partial charge on any atom is -0.380 e. The van der Waals surface area contributed by atoms with Crippen LogP contribution in [0.25, 0.3) is 0 Å². The molecule has 1 N–H and O–H groups in total. The van der Waals surface area contributed by atoms with E-state index in [9.17, 15) is 0 Å². The smallest absolute Gasteiger partial charge is 0.147 e. The van der Waals surface area contributed by atoms with Gasteiger partial charge in [-0.2, -0.15) is 0 Å². The zero-order valence-electron chi connectivity index (χ0n) is 8.73. The number of hydrogen-bond acceptors (Lipinski definition) is 4. The van der Waals surface area contributed by atoms with Crippen molar-refractivity contribution in [3.05, 3.63) is 24.3 Å². The number of hydrogen-bond donors (Lipinski definition) is 1. The lowest BCUT2D eigenvalue weighted by Crippen LogP contribution is -2.27. The van der Waals surface area contributed by atoms with Crippen LogP contribution in [0.2, 0.25) is 0 Å². The second-order valence-electron chi connectivity index (χ2n) is 2.88. The molecule has 0 radical (unpaired) electrons. The number of likely N-dealkylation sites (N-methyl/N-ethyl adjacent to an activating group) is 1. The van der Waals surface area contributed by atoms with Crippen LogP contribution < -0.4 is 5.32 Å². The Morgan fingerprint density at radius 1 is 1.36 bits per heavy atom. The quantitative estimate of drug-likeness (QED) is 0.740. The largest absolute Gasteiger partial charge is 0.380 e. The average molecular weight is 195 g/mol. The third-order valence-electron chi connectivity index (χ3n) is 1.84. The van der Waals surface area contributed by atoms with Crippen molar-refractivity contribution >= 4 is 0 Å². The summed E-state index contributed by atoms with van der Waals surface area (Å²) >= 11 is 0. The molecule has 0 amide bonds. The Labute approximate surface area is 84.7 Å². The molecule has 0 aliphatic rings.